The van der Waals surface area contributed by atoms with Crippen LogP contribution in [0.5, 0.6) is 23.0 Å². The number of rotatable bonds is 10. The summed E-state index contributed by atoms with van der Waals surface area (Å²) < 4.78 is 24.1. The second kappa shape index (κ2) is 18.0. The van der Waals surface area contributed by atoms with E-state index < -0.39 is 25.4 Å². The van der Waals surface area contributed by atoms with Gasteiger partial charge in [-0.3, -0.25) is 10.8 Å². The van der Waals surface area contributed by atoms with Gasteiger partial charge in [0.2, 0.25) is 0 Å². The summed E-state index contributed by atoms with van der Waals surface area (Å²) in [6.07, 6.45) is 0. The molecular weight excluding hydrogens is 726 g/mol. The van der Waals surface area contributed by atoms with Crippen LogP contribution in [0.3, 0.4) is 0 Å². The van der Waals surface area contributed by atoms with Gasteiger partial charge >= 0.3 is 14.2 Å². The van der Waals surface area contributed by atoms with Gasteiger partial charge < -0.3 is 40.3 Å². The third-order valence-corrected chi connectivity index (χ3v) is 9.23. The predicted octanol–water partition coefficient (Wildman–Crippen LogP) is 5.77. The van der Waals surface area contributed by atoms with Crippen LogP contribution in [0.1, 0.15) is 38.8 Å². The van der Waals surface area contributed by atoms with Crippen LogP contribution in [0.2, 0.25) is 0 Å². The minimum Gasteiger partial charge on any atom is -0.457 e. The largest absolute Gasteiger partial charge is 0.494 e. The maximum Gasteiger partial charge on any atom is 0.494 e. The molecule has 10 nitrogen and oxygen atoms in total. The molecule has 0 spiro atoms. The molecule has 1 aliphatic rings. The van der Waals surface area contributed by atoms with Gasteiger partial charge in [0.1, 0.15) is 23.0 Å². The highest BCUT2D eigenvalue weighted by atomic mass is 79.9. The number of thioether (sulfide) groups is 2. The number of hydrogen-bond acceptors (Lipinski definition) is 10. The van der Waals surface area contributed by atoms with E-state index in [1.54, 1.807) is 18.2 Å². The zero-order valence-electron chi connectivity index (χ0n) is 27.7. The fraction of sp³-hybridized carbons (Fsp3) is 0.235. The minimum atomic E-state index is -1.54. The molecule has 15 heteroatoms. The lowest BCUT2D eigenvalue weighted by molar-refractivity contribution is 0.00578. The molecule has 258 valence electrons. The van der Waals surface area contributed by atoms with Crippen molar-refractivity contribution in [3.63, 3.8) is 0 Å². The molecular formula is C34H41B2BrN4O6S2. The minimum absolute atomic E-state index is 0. The van der Waals surface area contributed by atoms with Crippen LogP contribution in [0.25, 0.3) is 0 Å². The SMILES string of the molecule is Br.CC1(C)OB(c2ccc(Oc3ccccc3)c(CSC(=N)N)c2)OC1(C)C.N=C(N)SCc1cc(B(O)O)ccc1Oc1ccccc1. The van der Waals surface area contributed by atoms with Gasteiger partial charge in [-0.15, -0.1) is 17.0 Å². The van der Waals surface area contributed by atoms with E-state index in [1.165, 1.54) is 11.8 Å². The molecule has 0 unspecified atom stereocenters. The molecule has 1 fully saturated rings. The fourth-order valence-electron chi connectivity index (χ4n) is 4.45. The third-order valence-electron chi connectivity index (χ3n) is 7.70. The first kappa shape index (κ1) is 40.0. The summed E-state index contributed by atoms with van der Waals surface area (Å²) >= 11 is 2.41. The van der Waals surface area contributed by atoms with Crippen LogP contribution in [0, 0.1) is 10.8 Å². The first-order valence-corrected chi connectivity index (χ1v) is 17.1. The number of para-hydroxylation sites is 2. The summed E-state index contributed by atoms with van der Waals surface area (Å²) in [6, 6.07) is 29.7. The van der Waals surface area contributed by atoms with Crippen molar-refractivity contribution >= 4 is 76.0 Å². The van der Waals surface area contributed by atoms with Crippen molar-refractivity contribution in [1.29, 1.82) is 10.8 Å². The molecule has 8 N–H and O–H groups in total. The molecule has 0 radical (unpaired) electrons. The van der Waals surface area contributed by atoms with E-state index in [0.29, 0.717) is 28.5 Å². The maximum absolute atomic E-state index is 9.25. The molecule has 1 heterocycles. The zero-order valence-corrected chi connectivity index (χ0v) is 31.1. The Morgan fingerprint density at radius 3 is 1.57 bits per heavy atom. The molecule has 5 rings (SSSR count). The Balaban J connectivity index is 0.000000268. The Hall–Kier alpha value is -3.43. The number of halogens is 1. The number of amidine groups is 2. The van der Waals surface area contributed by atoms with E-state index in [-0.39, 0.29) is 27.3 Å². The second-order valence-corrected chi connectivity index (χ2v) is 13.9. The van der Waals surface area contributed by atoms with Gasteiger partial charge in [-0.05, 0) is 75.0 Å². The van der Waals surface area contributed by atoms with Crippen LogP contribution in [0.15, 0.2) is 97.1 Å². The van der Waals surface area contributed by atoms with E-state index in [4.69, 9.17) is 41.1 Å². The summed E-state index contributed by atoms with van der Waals surface area (Å²) in [7, 11) is -1.99. The lowest BCUT2D eigenvalue weighted by Gasteiger charge is -2.32. The van der Waals surface area contributed by atoms with Crippen molar-refractivity contribution in [3.8, 4) is 23.0 Å². The average Bonchev–Trinajstić information content (AvgIpc) is 3.27. The van der Waals surface area contributed by atoms with E-state index in [9.17, 15) is 10.0 Å². The van der Waals surface area contributed by atoms with Crippen LogP contribution < -0.4 is 31.9 Å². The Morgan fingerprint density at radius 2 is 1.14 bits per heavy atom. The van der Waals surface area contributed by atoms with Gasteiger partial charge in [-0.2, -0.15) is 0 Å². The Morgan fingerprint density at radius 1 is 0.714 bits per heavy atom. The Labute approximate surface area is 307 Å². The van der Waals surface area contributed by atoms with Gasteiger partial charge in [-0.25, -0.2) is 0 Å². The van der Waals surface area contributed by atoms with E-state index in [0.717, 1.165) is 39.9 Å². The summed E-state index contributed by atoms with van der Waals surface area (Å²) in [4.78, 5) is 0. The van der Waals surface area contributed by atoms with Crippen LogP contribution >= 0.6 is 40.5 Å². The highest BCUT2D eigenvalue weighted by Crippen LogP contribution is 2.37. The molecule has 0 atom stereocenters. The second-order valence-electron chi connectivity index (χ2n) is 11.8. The quantitative estimate of drug-likeness (QED) is 0.0660. The van der Waals surface area contributed by atoms with Crippen molar-refractivity contribution in [1.82, 2.24) is 0 Å². The lowest BCUT2D eigenvalue weighted by Crippen LogP contribution is -2.41. The van der Waals surface area contributed by atoms with Gasteiger partial charge in [0.25, 0.3) is 0 Å². The molecule has 0 aliphatic carbocycles. The van der Waals surface area contributed by atoms with Gasteiger partial charge in [0, 0.05) is 22.6 Å². The molecule has 49 heavy (non-hydrogen) atoms. The monoisotopic (exact) mass is 766 g/mol. The molecule has 4 aromatic carbocycles. The van der Waals surface area contributed by atoms with Crippen molar-refractivity contribution in [3.05, 3.63) is 108 Å². The molecule has 1 aliphatic heterocycles. The molecule has 0 amide bonds. The van der Waals surface area contributed by atoms with Crippen LogP contribution in [-0.2, 0) is 20.8 Å². The molecule has 0 aromatic heterocycles. The number of benzene rings is 4. The van der Waals surface area contributed by atoms with Crippen molar-refractivity contribution < 1.29 is 28.8 Å². The smallest absolute Gasteiger partial charge is 0.457 e. The number of hydrogen-bond donors (Lipinski definition) is 6. The summed E-state index contributed by atoms with van der Waals surface area (Å²) in [6.45, 7) is 8.14. The van der Waals surface area contributed by atoms with E-state index in [1.807, 2.05) is 107 Å². The van der Waals surface area contributed by atoms with Crippen LogP contribution in [-0.4, -0.2) is 45.8 Å². The van der Waals surface area contributed by atoms with Crippen molar-refractivity contribution in [2.24, 2.45) is 11.5 Å². The van der Waals surface area contributed by atoms with E-state index >= 15 is 0 Å². The third kappa shape index (κ3) is 11.6. The molecule has 4 aromatic rings. The fourth-order valence-corrected chi connectivity index (χ4v) is 5.53. The number of ether oxygens (including phenoxy) is 2. The Bertz CT molecular complexity index is 1690. The van der Waals surface area contributed by atoms with Crippen molar-refractivity contribution in [2.45, 2.75) is 50.4 Å². The van der Waals surface area contributed by atoms with Gasteiger partial charge in [0.15, 0.2) is 10.3 Å². The summed E-state index contributed by atoms with van der Waals surface area (Å²) in [5, 5.41) is 33.3. The highest BCUT2D eigenvalue weighted by molar-refractivity contribution is 8.93. The zero-order chi connectivity index (χ0) is 34.9. The number of nitrogens with two attached hydrogens (primary N) is 2. The maximum atomic E-state index is 9.25. The molecule has 0 bridgehead atoms. The lowest BCUT2D eigenvalue weighted by atomic mass is 9.78. The Kier molecular flexibility index (Phi) is 14.7. The summed E-state index contributed by atoms with van der Waals surface area (Å²) in [5.41, 5.74) is 13.1. The summed E-state index contributed by atoms with van der Waals surface area (Å²) in [5.74, 6) is 3.72. The van der Waals surface area contributed by atoms with Crippen LogP contribution in [0.4, 0.5) is 0 Å². The highest BCUT2D eigenvalue weighted by Gasteiger charge is 2.51. The molecule has 1 saturated heterocycles. The normalized spacial score (nSPS) is 14.1. The first-order valence-electron chi connectivity index (χ1n) is 15.1. The topological polar surface area (TPSA) is 177 Å². The van der Waals surface area contributed by atoms with Gasteiger partial charge in [0.05, 0.1) is 11.2 Å². The predicted molar refractivity (Wildman–Crippen MR) is 208 cm³/mol. The van der Waals surface area contributed by atoms with Gasteiger partial charge in [-0.1, -0.05) is 84.2 Å². The first-order chi connectivity index (χ1) is 22.7. The van der Waals surface area contributed by atoms with Crippen molar-refractivity contribution in [2.75, 3.05) is 0 Å². The molecule has 0 saturated carbocycles. The number of nitrogens with one attached hydrogen (secondary N) is 2. The van der Waals surface area contributed by atoms with E-state index in [2.05, 4.69) is 0 Å². The standard InChI is InChI=1S/C20H25BN2O3S.C14H15BN2O3S.BrH/c1-19(2)20(3,4)26-21(25-19)15-10-11-17(14(12-15)13-27-18(22)23)24-16-8-6-5-7-9-16;16-14(17)21-9-10-8-11(15(18)19)6-7-13(10)20-12-4-2-1-3-5-12;/h5-12H,13H2,1-4H3,(H3,22,23);1-8,18-19H,9H2,(H3,16,17);1H. The average molecular weight is 767 g/mol.